The van der Waals surface area contributed by atoms with Crippen molar-refractivity contribution in [1.82, 2.24) is 9.97 Å². The number of aryl methyl sites for hydroxylation is 2. The first-order valence-electron chi connectivity index (χ1n) is 5.03. The lowest BCUT2D eigenvalue weighted by molar-refractivity contribution is 1.12. The fraction of sp³-hybridized carbons (Fsp3) is 0.231. The van der Waals surface area contributed by atoms with Crippen LogP contribution in [0.2, 0.25) is 0 Å². The lowest BCUT2D eigenvalue weighted by Gasteiger charge is -2.07. The number of hydrogen-bond donors (Lipinski definition) is 0. The van der Waals surface area contributed by atoms with Gasteiger partial charge in [0.2, 0.25) is 0 Å². The lowest BCUT2D eigenvalue weighted by atomic mass is 10.1. The van der Waals surface area contributed by atoms with Crippen LogP contribution in [0, 0.1) is 20.8 Å². The van der Waals surface area contributed by atoms with Crippen molar-refractivity contribution in [2.24, 2.45) is 0 Å². The van der Waals surface area contributed by atoms with E-state index in [4.69, 9.17) is 0 Å². The molecule has 0 bridgehead atoms. The highest BCUT2D eigenvalue weighted by Gasteiger charge is 2.04. The molecular weight excluding hydrogens is 184 g/mol. The lowest BCUT2D eigenvalue weighted by Crippen LogP contribution is -1.94. The number of aromatic nitrogens is 2. The van der Waals surface area contributed by atoms with Crippen LogP contribution in [0.15, 0.2) is 30.6 Å². The van der Waals surface area contributed by atoms with E-state index in [2.05, 4.69) is 29.9 Å². The second-order valence-corrected chi connectivity index (χ2v) is 3.78. The number of rotatable bonds is 1. The SMILES string of the molecule is Cc1cc(-c2cccnc2)nc(C)c1C. The second kappa shape index (κ2) is 3.81. The van der Waals surface area contributed by atoms with Crippen molar-refractivity contribution in [3.63, 3.8) is 0 Å². The minimum absolute atomic E-state index is 1.00. The van der Waals surface area contributed by atoms with Crippen LogP contribution >= 0.6 is 0 Å². The van der Waals surface area contributed by atoms with E-state index in [-0.39, 0.29) is 0 Å². The highest BCUT2D eigenvalue weighted by Crippen LogP contribution is 2.20. The predicted octanol–water partition coefficient (Wildman–Crippen LogP) is 3.07. The molecule has 76 valence electrons. The molecule has 2 rings (SSSR count). The van der Waals surface area contributed by atoms with Gasteiger partial charge in [0.05, 0.1) is 5.69 Å². The zero-order valence-electron chi connectivity index (χ0n) is 9.28. The third-order valence-corrected chi connectivity index (χ3v) is 2.73. The van der Waals surface area contributed by atoms with E-state index in [9.17, 15) is 0 Å². The Morgan fingerprint density at radius 1 is 1.13 bits per heavy atom. The molecule has 0 N–H and O–H groups in total. The van der Waals surface area contributed by atoms with Gasteiger partial charge in [-0.25, -0.2) is 0 Å². The summed E-state index contributed by atoms with van der Waals surface area (Å²) in [6.07, 6.45) is 3.62. The molecule has 0 saturated heterocycles. The summed E-state index contributed by atoms with van der Waals surface area (Å²) in [6, 6.07) is 6.07. The van der Waals surface area contributed by atoms with Crippen molar-refractivity contribution >= 4 is 0 Å². The van der Waals surface area contributed by atoms with Crippen LogP contribution in [-0.2, 0) is 0 Å². The summed E-state index contributed by atoms with van der Waals surface area (Å²) in [6.45, 7) is 6.26. The first-order valence-corrected chi connectivity index (χ1v) is 5.03. The molecule has 0 atom stereocenters. The standard InChI is InChI=1S/C13H14N2/c1-9-7-13(15-11(3)10(9)2)12-5-4-6-14-8-12/h4-8H,1-3H3. The molecule has 2 nitrogen and oxygen atoms in total. The van der Waals surface area contributed by atoms with Crippen LogP contribution in [0.25, 0.3) is 11.3 Å². The molecule has 2 heteroatoms. The Balaban J connectivity index is 2.56. The van der Waals surface area contributed by atoms with E-state index in [0.29, 0.717) is 0 Å². The summed E-state index contributed by atoms with van der Waals surface area (Å²) in [5.74, 6) is 0. The molecule has 0 fully saturated rings. The Hall–Kier alpha value is -1.70. The van der Waals surface area contributed by atoms with Crippen molar-refractivity contribution in [3.8, 4) is 11.3 Å². The minimum Gasteiger partial charge on any atom is -0.264 e. The van der Waals surface area contributed by atoms with Crippen molar-refractivity contribution in [1.29, 1.82) is 0 Å². The zero-order chi connectivity index (χ0) is 10.8. The smallest absolute Gasteiger partial charge is 0.0723 e. The molecule has 0 saturated carbocycles. The zero-order valence-corrected chi connectivity index (χ0v) is 9.28. The minimum atomic E-state index is 1.00. The van der Waals surface area contributed by atoms with Gasteiger partial charge in [-0.3, -0.25) is 9.97 Å². The van der Waals surface area contributed by atoms with Gasteiger partial charge in [0.15, 0.2) is 0 Å². The number of hydrogen-bond acceptors (Lipinski definition) is 2. The van der Waals surface area contributed by atoms with Gasteiger partial charge in [0.1, 0.15) is 0 Å². The largest absolute Gasteiger partial charge is 0.264 e. The fourth-order valence-corrected chi connectivity index (χ4v) is 1.56. The van der Waals surface area contributed by atoms with E-state index < -0.39 is 0 Å². The van der Waals surface area contributed by atoms with Crippen LogP contribution in [0.4, 0.5) is 0 Å². The summed E-state index contributed by atoms with van der Waals surface area (Å²) >= 11 is 0. The molecular formula is C13H14N2. The van der Waals surface area contributed by atoms with Crippen molar-refractivity contribution in [2.45, 2.75) is 20.8 Å². The summed E-state index contributed by atoms with van der Waals surface area (Å²) in [5, 5.41) is 0. The summed E-state index contributed by atoms with van der Waals surface area (Å²) in [5.41, 5.74) is 5.71. The third-order valence-electron chi connectivity index (χ3n) is 2.73. The third kappa shape index (κ3) is 1.89. The van der Waals surface area contributed by atoms with E-state index in [1.54, 1.807) is 6.20 Å². The van der Waals surface area contributed by atoms with Gasteiger partial charge in [-0.1, -0.05) is 0 Å². The molecule has 0 aliphatic heterocycles. The predicted molar refractivity (Wildman–Crippen MR) is 61.7 cm³/mol. The Kier molecular flexibility index (Phi) is 2.50. The molecule has 0 spiro atoms. The van der Waals surface area contributed by atoms with E-state index in [1.807, 2.05) is 25.3 Å². The molecule has 2 aromatic rings. The van der Waals surface area contributed by atoms with Crippen LogP contribution in [0.5, 0.6) is 0 Å². The monoisotopic (exact) mass is 198 g/mol. The van der Waals surface area contributed by atoms with Gasteiger partial charge in [0, 0.05) is 23.7 Å². The molecule has 0 aromatic carbocycles. The normalized spacial score (nSPS) is 10.3. The van der Waals surface area contributed by atoms with Gasteiger partial charge in [-0.2, -0.15) is 0 Å². The number of pyridine rings is 2. The quantitative estimate of drug-likeness (QED) is 0.703. The topological polar surface area (TPSA) is 25.8 Å². The highest BCUT2D eigenvalue weighted by atomic mass is 14.7. The van der Waals surface area contributed by atoms with Gasteiger partial charge >= 0.3 is 0 Å². The maximum atomic E-state index is 4.56. The average molecular weight is 198 g/mol. The first kappa shape index (κ1) is 9.84. The van der Waals surface area contributed by atoms with Gasteiger partial charge in [0.25, 0.3) is 0 Å². The van der Waals surface area contributed by atoms with Crippen LogP contribution in [-0.4, -0.2) is 9.97 Å². The van der Waals surface area contributed by atoms with Crippen LogP contribution in [0.3, 0.4) is 0 Å². The molecule has 2 aromatic heterocycles. The Bertz CT molecular complexity index is 452. The Labute approximate surface area is 90.0 Å². The maximum absolute atomic E-state index is 4.56. The molecule has 0 amide bonds. The van der Waals surface area contributed by atoms with E-state index in [1.165, 1.54) is 11.1 Å². The summed E-state index contributed by atoms with van der Waals surface area (Å²) in [4.78, 5) is 8.67. The Morgan fingerprint density at radius 2 is 1.93 bits per heavy atom. The molecule has 15 heavy (non-hydrogen) atoms. The van der Waals surface area contributed by atoms with Crippen molar-refractivity contribution in [3.05, 3.63) is 47.4 Å². The average Bonchev–Trinajstić information content (AvgIpc) is 2.26. The molecule has 0 aliphatic carbocycles. The maximum Gasteiger partial charge on any atom is 0.0723 e. The van der Waals surface area contributed by atoms with Gasteiger partial charge in [-0.05, 0) is 50.1 Å². The number of nitrogens with zero attached hydrogens (tertiary/aromatic N) is 2. The highest BCUT2D eigenvalue weighted by molar-refractivity contribution is 5.59. The van der Waals surface area contributed by atoms with Gasteiger partial charge < -0.3 is 0 Å². The first-order chi connectivity index (χ1) is 7.18. The molecule has 0 unspecified atom stereocenters. The van der Waals surface area contributed by atoms with E-state index in [0.717, 1.165) is 17.0 Å². The van der Waals surface area contributed by atoms with E-state index >= 15 is 0 Å². The summed E-state index contributed by atoms with van der Waals surface area (Å²) < 4.78 is 0. The second-order valence-electron chi connectivity index (χ2n) is 3.78. The Morgan fingerprint density at radius 3 is 2.53 bits per heavy atom. The molecule has 0 radical (unpaired) electrons. The fourth-order valence-electron chi connectivity index (χ4n) is 1.56. The van der Waals surface area contributed by atoms with Crippen molar-refractivity contribution < 1.29 is 0 Å². The van der Waals surface area contributed by atoms with Crippen LogP contribution in [0.1, 0.15) is 16.8 Å². The molecule has 2 heterocycles. The summed E-state index contributed by atoms with van der Waals surface area (Å²) in [7, 11) is 0. The molecule has 0 aliphatic rings. The van der Waals surface area contributed by atoms with Crippen LogP contribution < -0.4 is 0 Å². The van der Waals surface area contributed by atoms with Gasteiger partial charge in [-0.15, -0.1) is 0 Å². The van der Waals surface area contributed by atoms with Crippen molar-refractivity contribution in [2.75, 3.05) is 0 Å².